The number of ether oxygens (including phenoxy) is 4. The summed E-state index contributed by atoms with van der Waals surface area (Å²) >= 11 is 0. The summed E-state index contributed by atoms with van der Waals surface area (Å²) in [4.78, 5) is 26.1. The van der Waals surface area contributed by atoms with Gasteiger partial charge in [-0.05, 0) is 59.5 Å². The molecule has 0 aliphatic carbocycles. The van der Waals surface area contributed by atoms with Crippen LogP contribution in [0.15, 0.2) is 66.7 Å². The number of rotatable bonds is 17. The molecule has 0 aromatic heterocycles. The summed E-state index contributed by atoms with van der Waals surface area (Å²) < 4.78 is 22.0. The number of methoxy groups -OCH3 is 3. The molecule has 8 nitrogen and oxygen atoms in total. The van der Waals surface area contributed by atoms with Crippen molar-refractivity contribution in [2.45, 2.75) is 58.0 Å². The second-order valence-corrected chi connectivity index (χ2v) is 9.79. The van der Waals surface area contributed by atoms with E-state index in [0.717, 1.165) is 24.0 Å². The fraction of sp³-hybridized carbons (Fsp3) is 0.394. The van der Waals surface area contributed by atoms with Crippen LogP contribution in [0.4, 0.5) is 0 Å². The van der Waals surface area contributed by atoms with Gasteiger partial charge < -0.3 is 29.6 Å². The molecule has 2 amide bonds. The predicted molar refractivity (Wildman–Crippen MR) is 160 cm³/mol. The molecule has 8 heteroatoms. The molecule has 0 heterocycles. The maximum absolute atomic E-state index is 13.1. The van der Waals surface area contributed by atoms with Crippen LogP contribution in [-0.2, 0) is 22.4 Å². The van der Waals surface area contributed by atoms with E-state index in [2.05, 4.69) is 17.6 Å². The number of carbonyl (C=O) groups is 2. The first kappa shape index (κ1) is 31.3. The number of benzene rings is 3. The zero-order valence-corrected chi connectivity index (χ0v) is 24.5. The van der Waals surface area contributed by atoms with Gasteiger partial charge in [-0.1, -0.05) is 62.9 Å². The fourth-order valence-electron chi connectivity index (χ4n) is 4.36. The lowest BCUT2D eigenvalue weighted by atomic mass is 10.1. The number of hydrogen-bond donors (Lipinski definition) is 2. The van der Waals surface area contributed by atoms with Crippen molar-refractivity contribution < 1.29 is 28.5 Å². The molecule has 3 rings (SSSR count). The lowest BCUT2D eigenvalue weighted by Gasteiger charge is -2.22. The minimum absolute atomic E-state index is 0.144. The van der Waals surface area contributed by atoms with Crippen molar-refractivity contribution in [3.63, 3.8) is 0 Å². The van der Waals surface area contributed by atoms with Gasteiger partial charge in [0, 0.05) is 0 Å². The molecule has 0 radical (unpaired) electrons. The Morgan fingerprint density at radius 3 is 1.68 bits per heavy atom. The molecule has 0 saturated heterocycles. The fourth-order valence-corrected chi connectivity index (χ4v) is 4.36. The van der Waals surface area contributed by atoms with Gasteiger partial charge >= 0.3 is 0 Å². The average Bonchev–Trinajstić information content (AvgIpc) is 2.99. The quantitative estimate of drug-likeness (QED) is 0.160. The van der Waals surface area contributed by atoms with Gasteiger partial charge in [-0.15, -0.1) is 0 Å². The van der Waals surface area contributed by atoms with Crippen LogP contribution in [-0.4, -0.2) is 39.8 Å². The van der Waals surface area contributed by atoms with E-state index < -0.39 is 6.17 Å². The summed E-state index contributed by atoms with van der Waals surface area (Å²) in [5, 5.41) is 5.94. The van der Waals surface area contributed by atoms with E-state index in [0.29, 0.717) is 35.2 Å². The van der Waals surface area contributed by atoms with Crippen molar-refractivity contribution in [1.82, 2.24) is 10.6 Å². The summed E-state index contributed by atoms with van der Waals surface area (Å²) in [6, 6.07) is 20.0. The number of carbonyl (C=O) groups excluding carboxylic acids is 2. The highest BCUT2D eigenvalue weighted by Crippen LogP contribution is 2.30. The Kier molecular flexibility index (Phi) is 12.8. The molecule has 0 saturated carbocycles. The van der Waals surface area contributed by atoms with Crippen molar-refractivity contribution in [3.8, 4) is 23.0 Å². The molecule has 0 fully saturated rings. The van der Waals surface area contributed by atoms with Crippen molar-refractivity contribution >= 4 is 11.8 Å². The molecule has 0 spiro atoms. The van der Waals surface area contributed by atoms with Crippen LogP contribution in [0.3, 0.4) is 0 Å². The molecule has 2 N–H and O–H groups in total. The van der Waals surface area contributed by atoms with Crippen LogP contribution in [0, 0.1) is 0 Å². The monoisotopic (exact) mass is 562 g/mol. The van der Waals surface area contributed by atoms with Gasteiger partial charge in [0.2, 0.25) is 11.8 Å². The topological polar surface area (TPSA) is 95.1 Å². The molecular weight excluding hydrogens is 520 g/mol. The van der Waals surface area contributed by atoms with Crippen LogP contribution < -0.4 is 29.6 Å². The third kappa shape index (κ3) is 10.4. The highest BCUT2D eigenvalue weighted by molar-refractivity contribution is 5.82. The highest BCUT2D eigenvalue weighted by Gasteiger charge is 2.20. The Morgan fingerprint density at radius 2 is 1.20 bits per heavy atom. The van der Waals surface area contributed by atoms with E-state index in [4.69, 9.17) is 18.9 Å². The van der Waals surface area contributed by atoms with Crippen LogP contribution in [0.5, 0.6) is 23.0 Å². The predicted octanol–water partition coefficient (Wildman–Crippen LogP) is 5.78. The zero-order chi connectivity index (χ0) is 29.5. The molecule has 0 aliphatic rings. The molecule has 0 unspecified atom stereocenters. The summed E-state index contributed by atoms with van der Waals surface area (Å²) in [7, 11) is 4.77. The second kappa shape index (κ2) is 16.8. The third-order valence-electron chi connectivity index (χ3n) is 6.68. The largest absolute Gasteiger partial charge is 0.497 e. The third-order valence-corrected chi connectivity index (χ3v) is 6.68. The normalized spacial score (nSPS) is 10.7. The van der Waals surface area contributed by atoms with Crippen LogP contribution in [0.2, 0.25) is 0 Å². The van der Waals surface area contributed by atoms with Gasteiger partial charge in [-0.2, -0.15) is 0 Å². The summed E-state index contributed by atoms with van der Waals surface area (Å²) in [6.07, 6.45) is 5.23. The van der Waals surface area contributed by atoms with Crippen LogP contribution >= 0.6 is 0 Å². The number of hydrogen-bond acceptors (Lipinski definition) is 6. The molecule has 3 aromatic carbocycles. The van der Waals surface area contributed by atoms with Crippen molar-refractivity contribution in [3.05, 3.63) is 83.4 Å². The number of amides is 2. The first-order chi connectivity index (χ1) is 19.9. The van der Waals surface area contributed by atoms with E-state index in [-0.39, 0.29) is 24.7 Å². The molecule has 0 aliphatic heterocycles. The van der Waals surface area contributed by atoms with E-state index in [1.807, 2.05) is 60.7 Å². The summed E-state index contributed by atoms with van der Waals surface area (Å²) in [6.45, 7) is 2.79. The standard InChI is InChI=1S/C33H42N2O6/c1-5-6-7-8-9-20-41-29-19-14-26(23-30(29)40-4)33(34-31(36)21-24-10-15-27(38-2)16-11-24)35-32(37)22-25-12-17-28(39-3)18-13-25/h10-19,23,33H,5-9,20-22H2,1-4H3,(H,34,36)(H,35,37). The lowest BCUT2D eigenvalue weighted by Crippen LogP contribution is -2.42. The minimum atomic E-state index is -0.775. The van der Waals surface area contributed by atoms with Gasteiger partial charge in [0.25, 0.3) is 0 Å². The first-order valence-electron chi connectivity index (χ1n) is 14.1. The maximum Gasteiger partial charge on any atom is 0.226 e. The Morgan fingerprint density at radius 1 is 0.659 bits per heavy atom. The molecule has 220 valence electrons. The smallest absolute Gasteiger partial charge is 0.226 e. The van der Waals surface area contributed by atoms with Crippen LogP contribution in [0.1, 0.15) is 61.9 Å². The van der Waals surface area contributed by atoms with E-state index in [9.17, 15) is 9.59 Å². The highest BCUT2D eigenvalue weighted by atomic mass is 16.5. The van der Waals surface area contributed by atoms with Crippen molar-refractivity contribution in [2.75, 3.05) is 27.9 Å². The Labute approximate surface area is 243 Å². The maximum atomic E-state index is 13.1. The molecule has 3 aromatic rings. The summed E-state index contributed by atoms with van der Waals surface area (Å²) in [5.74, 6) is 2.11. The van der Waals surface area contributed by atoms with E-state index in [1.54, 1.807) is 27.4 Å². The Bertz CT molecular complexity index is 1160. The molecule has 41 heavy (non-hydrogen) atoms. The van der Waals surface area contributed by atoms with Crippen molar-refractivity contribution in [1.29, 1.82) is 0 Å². The van der Waals surface area contributed by atoms with E-state index in [1.165, 1.54) is 19.3 Å². The minimum Gasteiger partial charge on any atom is -0.497 e. The van der Waals surface area contributed by atoms with Gasteiger partial charge in [-0.3, -0.25) is 9.59 Å². The average molecular weight is 563 g/mol. The SMILES string of the molecule is CCCCCCCOc1ccc(C(NC(=O)Cc2ccc(OC)cc2)NC(=O)Cc2ccc(OC)cc2)cc1OC. The van der Waals surface area contributed by atoms with Gasteiger partial charge in [-0.25, -0.2) is 0 Å². The Balaban J connectivity index is 1.73. The first-order valence-corrected chi connectivity index (χ1v) is 14.1. The molecular formula is C33H42N2O6. The zero-order valence-electron chi connectivity index (χ0n) is 24.5. The van der Waals surface area contributed by atoms with E-state index >= 15 is 0 Å². The van der Waals surface area contributed by atoms with Gasteiger partial charge in [0.15, 0.2) is 11.5 Å². The van der Waals surface area contributed by atoms with Gasteiger partial charge in [0.1, 0.15) is 17.7 Å². The second-order valence-electron chi connectivity index (χ2n) is 9.79. The Hall–Kier alpha value is -4.20. The summed E-state index contributed by atoms with van der Waals surface area (Å²) in [5.41, 5.74) is 2.32. The van der Waals surface area contributed by atoms with Crippen LogP contribution in [0.25, 0.3) is 0 Å². The van der Waals surface area contributed by atoms with Gasteiger partial charge in [0.05, 0.1) is 40.8 Å². The number of unbranched alkanes of at least 4 members (excludes halogenated alkanes) is 4. The van der Waals surface area contributed by atoms with Crippen molar-refractivity contribution in [2.24, 2.45) is 0 Å². The molecule has 0 atom stereocenters. The lowest BCUT2D eigenvalue weighted by molar-refractivity contribution is -0.123. The molecule has 0 bridgehead atoms. The number of nitrogens with one attached hydrogen (secondary N) is 2.